The van der Waals surface area contributed by atoms with E-state index in [0.29, 0.717) is 0 Å². The van der Waals surface area contributed by atoms with Crippen LogP contribution < -0.4 is 0 Å². The average molecular weight is 250 g/mol. The van der Waals surface area contributed by atoms with E-state index in [2.05, 4.69) is 22.0 Å². The fourth-order valence-corrected chi connectivity index (χ4v) is 1.11. The molecule has 0 aliphatic heterocycles. The molecule has 4 heteroatoms. The molecule has 0 aromatic rings. The SMILES string of the molecule is C=C/C=C(\C=P)C(=O)OC(=C)/C=C(O)\C=C/C. The minimum Gasteiger partial charge on any atom is -0.508 e. The lowest BCUT2D eigenvalue weighted by Gasteiger charge is -2.03. The number of hydrogen-bond acceptors (Lipinski definition) is 3. The minimum absolute atomic E-state index is 0.0399. The Kier molecular flexibility index (Phi) is 7.40. The highest BCUT2D eigenvalue weighted by molar-refractivity contribution is 7.19. The maximum absolute atomic E-state index is 11.5. The van der Waals surface area contributed by atoms with Gasteiger partial charge in [0.2, 0.25) is 0 Å². The van der Waals surface area contributed by atoms with Crippen LogP contribution in [0.4, 0.5) is 0 Å². The first kappa shape index (κ1) is 15.1. The molecule has 0 fully saturated rings. The van der Waals surface area contributed by atoms with Gasteiger partial charge >= 0.3 is 5.97 Å². The number of aliphatic hydroxyl groups is 1. The maximum atomic E-state index is 11.5. The fraction of sp³-hybridized carbons (Fsp3) is 0.0769. The van der Waals surface area contributed by atoms with E-state index in [4.69, 9.17) is 4.74 Å². The molecule has 0 saturated heterocycles. The Morgan fingerprint density at radius 3 is 2.59 bits per heavy atom. The van der Waals surface area contributed by atoms with Crippen LogP contribution in [0.1, 0.15) is 6.92 Å². The van der Waals surface area contributed by atoms with E-state index < -0.39 is 5.97 Å². The number of allylic oxidation sites excluding steroid dienone is 5. The van der Waals surface area contributed by atoms with Crippen molar-refractivity contribution in [3.05, 3.63) is 60.6 Å². The van der Waals surface area contributed by atoms with Crippen LogP contribution >= 0.6 is 8.86 Å². The van der Waals surface area contributed by atoms with Gasteiger partial charge in [0.05, 0.1) is 5.57 Å². The zero-order valence-corrected chi connectivity index (χ0v) is 10.6. The summed E-state index contributed by atoms with van der Waals surface area (Å²) in [5.74, 6) is 0.831. The highest BCUT2D eigenvalue weighted by Gasteiger charge is 2.08. The second-order valence-electron chi connectivity index (χ2n) is 2.93. The summed E-state index contributed by atoms with van der Waals surface area (Å²) in [6.45, 7) is 8.72. The highest BCUT2D eigenvalue weighted by Crippen LogP contribution is 2.06. The number of hydrogen-bond donors (Lipinski definition) is 1. The summed E-state index contributed by atoms with van der Waals surface area (Å²) in [5, 5.41) is 9.31. The smallest absolute Gasteiger partial charge is 0.343 e. The lowest BCUT2D eigenvalue weighted by Crippen LogP contribution is -2.07. The molecule has 0 aromatic heterocycles. The Morgan fingerprint density at radius 1 is 1.47 bits per heavy atom. The fourth-order valence-electron chi connectivity index (χ4n) is 0.893. The molecule has 0 spiro atoms. The van der Waals surface area contributed by atoms with Crippen LogP contribution in [0.15, 0.2) is 60.6 Å². The molecule has 3 nitrogen and oxygen atoms in total. The van der Waals surface area contributed by atoms with Gasteiger partial charge in [0.15, 0.2) is 0 Å². The summed E-state index contributed by atoms with van der Waals surface area (Å²) in [6.07, 6.45) is 7.30. The van der Waals surface area contributed by atoms with Gasteiger partial charge in [-0.3, -0.25) is 0 Å². The van der Waals surface area contributed by atoms with E-state index in [0.717, 1.165) is 0 Å². The standard InChI is InChI=1S/C13H15O3P/c1-4-6-11(9-17)13(15)16-10(3)8-12(14)7-5-2/h4-9,14,17H,1,3H2,2H3/b7-5-,11-6+,12-8+. The van der Waals surface area contributed by atoms with Crippen molar-refractivity contribution in [2.45, 2.75) is 6.92 Å². The summed E-state index contributed by atoms with van der Waals surface area (Å²) >= 11 is 0. The molecule has 0 saturated carbocycles. The summed E-state index contributed by atoms with van der Waals surface area (Å²) in [7, 11) is 3.08. The first-order chi connectivity index (χ1) is 8.04. The molecule has 0 rings (SSSR count). The van der Waals surface area contributed by atoms with Crippen LogP contribution in [-0.4, -0.2) is 16.9 Å². The van der Waals surface area contributed by atoms with Crippen LogP contribution in [-0.2, 0) is 9.53 Å². The van der Waals surface area contributed by atoms with Crippen molar-refractivity contribution in [1.82, 2.24) is 0 Å². The third-order valence-corrected chi connectivity index (χ3v) is 1.87. The van der Waals surface area contributed by atoms with E-state index in [1.54, 1.807) is 13.0 Å². The van der Waals surface area contributed by atoms with Gasteiger partial charge < -0.3 is 9.84 Å². The van der Waals surface area contributed by atoms with E-state index >= 15 is 0 Å². The molecule has 1 N–H and O–H groups in total. The zero-order chi connectivity index (χ0) is 13.3. The van der Waals surface area contributed by atoms with Crippen molar-refractivity contribution in [3.8, 4) is 0 Å². The Bertz CT molecular complexity index is 414. The van der Waals surface area contributed by atoms with Gasteiger partial charge in [-0.15, -0.1) is 8.86 Å². The van der Waals surface area contributed by atoms with E-state index in [9.17, 15) is 9.90 Å². The van der Waals surface area contributed by atoms with Crippen LogP contribution in [0, 0.1) is 0 Å². The van der Waals surface area contributed by atoms with E-state index in [-0.39, 0.29) is 17.1 Å². The van der Waals surface area contributed by atoms with Crippen LogP contribution in [0.5, 0.6) is 0 Å². The predicted molar refractivity (Wildman–Crippen MR) is 73.4 cm³/mol. The number of rotatable bonds is 6. The second-order valence-corrected chi connectivity index (χ2v) is 3.22. The Hall–Kier alpha value is -1.86. The second kappa shape index (κ2) is 8.31. The number of esters is 1. The van der Waals surface area contributed by atoms with Crippen LogP contribution in [0.2, 0.25) is 0 Å². The van der Waals surface area contributed by atoms with Gasteiger partial charge in [-0.25, -0.2) is 4.79 Å². The molecule has 0 radical (unpaired) electrons. The van der Waals surface area contributed by atoms with Crippen LogP contribution in [0.25, 0.3) is 0 Å². The summed E-state index contributed by atoms with van der Waals surface area (Å²) in [4.78, 5) is 11.5. The monoisotopic (exact) mass is 250 g/mol. The minimum atomic E-state index is -0.588. The van der Waals surface area contributed by atoms with Gasteiger partial charge in [0.25, 0.3) is 0 Å². The maximum Gasteiger partial charge on any atom is 0.343 e. The van der Waals surface area contributed by atoms with Gasteiger partial charge in [-0.1, -0.05) is 25.3 Å². The van der Waals surface area contributed by atoms with Gasteiger partial charge in [-0.2, -0.15) is 0 Å². The Morgan fingerprint density at radius 2 is 2.12 bits per heavy atom. The molecule has 0 aliphatic carbocycles. The Labute approximate surface area is 103 Å². The molecule has 0 aliphatic rings. The molecule has 0 atom stereocenters. The average Bonchev–Trinajstić information content (AvgIpc) is 2.25. The molecule has 0 unspecified atom stereocenters. The van der Waals surface area contributed by atoms with Gasteiger partial charge in [0, 0.05) is 6.08 Å². The topological polar surface area (TPSA) is 46.5 Å². The number of carbonyl (C=O) groups excluding carboxylic acids is 1. The van der Waals surface area contributed by atoms with E-state index in [1.165, 1.54) is 30.1 Å². The summed E-state index contributed by atoms with van der Waals surface area (Å²) < 4.78 is 4.89. The van der Waals surface area contributed by atoms with Crippen molar-refractivity contribution < 1.29 is 14.6 Å². The molecular weight excluding hydrogens is 235 g/mol. The molecule has 0 heterocycles. The van der Waals surface area contributed by atoms with Crippen molar-refractivity contribution in [2.75, 3.05) is 0 Å². The predicted octanol–water partition coefficient (Wildman–Crippen LogP) is 3.12. The number of aliphatic hydroxyl groups excluding tert-OH is 1. The van der Waals surface area contributed by atoms with Crippen molar-refractivity contribution >= 4 is 20.6 Å². The third kappa shape index (κ3) is 6.33. The molecule has 17 heavy (non-hydrogen) atoms. The zero-order valence-electron chi connectivity index (χ0n) is 9.64. The third-order valence-electron chi connectivity index (χ3n) is 1.56. The lowest BCUT2D eigenvalue weighted by molar-refractivity contribution is -0.133. The molecule has 0 bridgehead atoms. The molecule has 90 valence electrons. The Balaban J connectivity index is 4.65. The molecule has 0 aromatic carbocycles. The van der Waals surface area contributed by atoms with Crippen molar-refractivity contribution in [1.29, 1.82) is 0 Å². The van der Waals surface area contributed by atoms with Crippen LogP contribution in [0.3, 0.4) is 0 Å². The normalized spacial score (nSPS) is 12.3. The molecule has 0 amide bonds. The number of ether oxygens (including phenoxy) is 1. The lowest BCUT2D eigenvalue weighted by atomic mass is 10.3. The molecular formula is C13H15O3P. The summed E-state index contributed by atoms with van der Waals surface area (Å²) in [5.41, 5.74) is 0.289. The first-order valence-electron chi connectivity index (χ1n) is 4.82. The first-order valence-corrected chi connectivity index (χ1v) is 5.40. The quantitative estimate of drug-likeness (QED) is 0.259. The highest BCUT2D eigenvalue weighted by atomic mass is 31.0. The van der Waals surface area contributed by atoms with Crippen molar-refractivity contribution in [2.24, 2.45) is 0 Å². The number of carbonyl (C=O) groups is 1. The van der Waals surface area contributed by atoms with Gasteiger partial charge in [-0.05, 0) is 24.9 Å². The summed E-state index contributed by atoms with van der Waals surface area (Å²) in [6, 6.07) is 0. The largest absolute Gasteiger partial charge is 0.508 e. The van der Waals surface area contributed by atoms with E-state index in [1.807, 2.05) is 0 Å². The van der Waals surface area contributed by atoms with Gasteiger partial charge in [0.1, 0.15) is 11.5 Å². The van der Waals surface area contributed by atoms with Crippen molar-refractivity contribution in [3.63, 3.8) is 0 Å².